The second kappa shape index (κ2) is 7.44. The van der Waals surface area contributed by atoms with E-state index in [9.17, 15) is 0 Å². The standard InChI is InChI=1S/C18H18ClN3O3/c1-11-5-4-6-14(17(11)19)20-10-16-21-18(22-25-16)13-8-7-12(23-2)9-15(13)24-3/h4-9,20H,10H2,1-3H3. The number of methoxy groups -OCH3 is 2. The first-order chi connectivity index (χ1) is 12.1. The summed E-state index contributed by atoms with van der Waals surface area (Å²) < 4.78 is 15.9. The number of hydrogen-bond donors (Lipinski definition) is 1. The van der Waals surface area contributed by atoms with Crippen LogP contribution in [0.4, 0.5) is 5.69 Å². The molecule has 0 fully saturated rings. The van der Waals surface area contributed by atoms with Crippen LogP contribution in [-0.2, 0) is 6.54 Å². The second-order valence-corrected chi connectivity index (χ2v) is 5.75. The van der Waals surface area contributed by atoms with Gasteiger partial charge in [0.05, 0.1) is 37.0 Å². The van der Waals surface area contributed by atoms with E-state index in [1.165, 1.54) is 0 Å². The molecule has 3 rings (SSSR count). The lowest BCUT2D eigenvalue weighted by atomic mass is 10.2. The molecule has 0 bridgehead atoms. The minimum Gasteiger partial charge on any atom is -0.497 e. The van der Waals surface area contributed by atoms with E-state index < -0.39 is 0 Å². The van der Waals surface area contributed by atoms with Crippen LogP contribution in [0.2, 0.25) is 5.02 Å². The topological polar surface area (TPSA) is 69.4 Å². The van der Waals surface area contributed by atoms with Crippen LogP contribution in [0.5, 0.6) is 11.5 Å². The predicted molar refractivity (Wildman–Crippen MR) is 96.4 cm³/mol. The van der Waals surface area contributed by atoms with Crippen LogP contribution in [0.3, 0.4) is 0 Å². The molecule has 0 atom stereocenters. The third kappa shape index (κ3) is 3.69. The maximum absolute atomic E-state index is 6.27. The highest BCUT2D eigenvalue weighted by Gasteiger charge is 2.14. The largest absolute Gasteiger partial charge is 0.497 e. The van der Waals surface area contributed by atoms with E-state index in [4.69, 9.17) is 25.6 Å². The number of ether oxygens (including phenoxy) is 2. The number of benzene rings is 2. The molecule has 7 heteroatoms. The molecule has 1 aromatic heterocycles. The summed E-state index contributed by atoms with van der Waals surface area (Å²) in [5, 5.41) is 7.90. The third-order valence-corrected chi connectivity index (χ3v) is 4.24. The first-order valence-corrected chi connectivity index (χ1v) is 8.04. The molecule has 0 saturated heterocycles. The molecule has 0 amide bonds. The van der Waals surface area contributed by atoms with Crippen LogP contribution >= 0.6 is 11.6 Å². The normalized spacial score (nSPS) is 10.6. The molecule has 25 heavy (non-hydrogen) atoms. The van der Waals surface area contributed by atoms with Crippen LogP contribution in [0, 0.1) is 6.92 Å². The molecular weight excluding hydrogens is 342 g/mol. The van der Waals surface area contributed by atoms with Crippen LogP contribution in [0.15, 0.2) is 40.9 Å². The molecule has 130 valence electrons. The zero-order valence-electron chi connectivity index (χ0n) is 14.2. The summed E-state index contributed by atoms with van der Waals surface area (Å²) >= 11 is 6.27. The number of nitrogens with zero attached hydrogens (tertiary/aromatic N) is 2. The summed E-state index contributed by atoms with van der Waals surface area (Å²) in [6.45, 7) is 2.32. The molecule has 0 spiro atoms. The van der Waals surface area contributed by atoms with Gasteiger partial charge >= 0.3 is 0 Å². The van der Waals surface area contributed by atoms with Gasteiger partial charge < -0.3 is 19.3 Å². The molecular formula is C18H18ClN3O3. The van der Waals surface area contributed by atoms with Gasteiger partial charge in [-0.2, -0.15) is 4.98 Å². The predicted octanol–water partition coefficient (Wildman–Crippen LogP) is 4.33. The van der Waals surface area contributed by atoms with Crippen molar-refractivity contribution in [2.45, 2.75) is 13.5 Å². The van der Waals surface area contributed by atoms with Gasteiger partial charge in [-0.15, -0.1) is 0 Å². The van der Waals surface area contributed by atoms with Gasteiger partial charge in [0.15, 0.2) is 0 Å². The highest BCUT2D eigenvalue weighted by molar-refractivity contribution is 6.33. The van der Waals surface area contributed by atoms with Gasteiger partial charge in [0.1, 0.15) is 11.5 Å². The fourth-order valence-corrected chi connectivity index (χ4v) is 2.57. The highest BCUT2D eigenvalue weighted by atomic mass is 35.5. The average molecular weight is 360 g/mol. The van der Waals surface area contributed by atoms with Crippen LogP contribution in [-0.4, -0.2) is 24.4 Å². The number of hydrogen-bond acceptors (Lipinski definition) is 6. The Morgan fingerprint density at radius 3 is 2.76 bits per heavy atom. The Balaban J connectivity index is 1.78. The number of aromatic nitrogens is 2. The highest BCUT2D eigenvalue weighted by Crippen LogP contribution is 2.31. The average Bonchev–Trinajstić information content (AvgIpc) is 3.11. The Morgan fingerprint density at radius 2 is 2.00 bits per heavy atom. The molecule has 1 N–H and O–H groups in total. The first-order valence-electron chi connectivity index (χ1n) is 7.66. The number of nitrogens with one attached hydrogen (secondary N) is 1. The molecule has 0 saturated carbocycles. The van der Waals surface area contributed by atoms with Crippen molar-refractivity contribution in [2.75, 3.05) is 19.5 Å². The lowest BCUT2D eigenvalue weighted by Crippen LogP contribution is -2.01. The van der Waals surface area contributed by atoms with E-state index in [2.05, 4.69) is 15.5 Å². The molecule has 0 aliphatic heterocycles. The van der Waals surface area contributed by atoms with E-state index in [0.717, 1.165) is 16.8 Å². The zero-order chi connectivity index (χ0) is 17.8. The van der Waals surface area contributed by atoms with Gasteiger partial charge in [0.25, 0.3) is 0 Å². The Morgan fingerprint density at radius 1 is 1.16 bits per heavy atom. The SMILES string of the molecule is COc1ccc(-c2noc(CNc3cccc(C)c3Cl)n2)c(OC)c1. The van der Waals surface area contributed by atoms with E-state index in [1.807, 2.05) is 37.3 Å². The van der Waals surface area contributed by atoms with Crippen LogP contribution in [0.1, 0.15) is 11.5 Å². The van der Waals surface area contributed by atoms with Crippen molar-refractivity contribution in [1.82, 2.24) is 10.1 Å². The van der Waals surface area contributed by atoms with Crippen molar-refractivity contribution < 1.29 is 14.0 Å². The zero-order valence-corrected chi connectivity index (χ0v) is 14.9. The van der Waals surface area contributed by atoms with E-state index in [0.29, 0.717) is 34.8 Å². The Labute approximate surface area is 150 Å². The number of rotatable bonds is 6. The van der Waals surface area contributed by atoms with Gasteiger partial charge in [-0.25, -0.2) is 0 Å². The van der Waals surface area contributed by atoms with Gasteiger partial charge in [-0.1, -0.05) is 28.9 Å². The van der Waals surface area contributed by atoms with Gasteiger partial charge in [0.2, 0.25) is 11.7 Å². The third-order valence-electron chi connectivity index (χ3n) is 3.74. The monoisotopic (exact) mass is 359 g/mol. The summed E-state index contributed by atoms with van der Waals surface area (Å²) in [5.74, 6) is 2.21. The van der Waals surface area contributed by atoms with Crippen LogP contribution in [0.25, 0.3) is 11.4 Å². The fraction of sp³-hybridized carbons (Fsp3) is 0.222. The first kappa shape index (κ1) is 17.1. The van der Waals surface area contributed by atoms with Crippen molar-refractivity contribution in [2.24, 2.45) is 0 Å². The smallest absolute Gasteiger partial charge is 0.246 e. The second-order valence-electron chi connectivity index (χ2n) is 5.37. The molecule has 0 aliphatic carbocycles. The van der Waals surface area contributed by atoms with E-state index in [-0.39, 0.29) is 0 Å². The lowest BCUT2D eigenvalue weighted by molar-refractivity contribution is 0.382. The van der Waals surface area contributed by atoms with Crippen LogP contribution < -0.4 is 14.8 Å². The van der Waals surface area contributed by atoms with E-state index >= 15 is 0 Å². The number of halogens is 1. The molecule has 0 unspecified atom stereocenters. The summed E-state index contributed by atoms with van der Waals surface area (Å²) in [6, 6.07) is 11.2. The van der Waals surface area contributed by atoms with Gasteiger partial charge in [0, 0.05) is 6.07 Å². The molecule has 0 aliphatic rings. The fourth-order valence-electron chi connectivity index (χ4n) is 2.37. The Bertz CT molecular complexity index is 880. The summed E-state index contributed by atoms with van der Waals surface area (Å²) in [7, 11) is 3.18. The summed E-state index contributed by atoms with van der Waals surface area (Å²) in [6.07, 6.45) is 0. The number of anilines is 1. The van der Waals surface area contributed by atoms with Gasteiger partial charge in [-0.05, 0) is 30.7 Å². The summed E-state index contributed by atoms with van der Waals surface area (Å²) in [5.41, 5.74) is 2.55. The maximum Gasteiger partial charge on any atom is 0.246 e. The summed E-state index contributed by atoms with van der Waals surface area (Å²) in [4.78, 5) is 4.41. The molecule has 1 heterocycles. The van der Waals surface area contributed by atoms with Gasteiger partial charge in [-0.3, -0.25) is 0 Å². The lowest BCUT2D eigenvalue weighted by Gasteiger charge is -2.08. The Hall–Kier alpha value is -2.73. The van der Waals surface area contributed by atoms with Crippen molar-refractivity contribution in [1.29, 1.82) is 0 Å². The quantitative estimate of drug-likeness (QED) is 0.706. The van der Waals surface area contributed by atoms with E-state index in [1.54, 1.807) is 20.3 Å². The van der Waals surface area contributed by atoms with Crippen molar-refractivity contribution in [3.8, 4) is 22.9 Å². The Kier molecular flexibility index (Phi) is 5.09. The van der Waals surface area contributed by atoms with Crippen molar-refractivity contribution in [3.05, 3.63) is 52.9 Å². The number of aryl methyl sites for hydroxylation is 1. The minimum absolute atomic E-state index is 0.370. The minimum atomic E-state index is 0.370. The molecule has 3 aromatic rings. The molecule has 6 nitrogen and oxygen atoms in total. The van der Waals surface area contributed by atoms with Crippen molar-refractivity contribution in [3.63, 3.8) is 0 Å². The molecule has 0 radical (unpaired) electrons. The maximum atomic E-state index is 6.27. The molecule has 2 aromatic carbocycles. The van der Waals surface area contributed by atoms with Crippen molar-refractivity contribution >= 4 is 17.3 Å².